The number of nitrogens with two attached hydrogens (primary N) is 1. The Kier molecular flexibility index (Phi) is 4.39. The van der Waals surface area contributed by atoms with Gasteiger partial charge in [-0.1, -0.05) is 21.1 Å². The third-order valence-corrected chi connectivity index (χ3v) is 3.42. The van der Waals surface area contributed by atoms with Crippen molar-refractivity contribution in [1.82, 2.24) is 0 Å². The number of hydrogen-bond donors (Lipinski definition) is 3. The van der Waals surface area contributed by atoms with Gasteiger partial charge in [-0.05, 0) is 24.6 Å². The number of oxime groups is 1. The van der Waals surface area contributed by atoms with Crippen LogP contribution in [0.3, 0.4) is 0 Å². The molecule has 6 nitrogen and oxygen atoms in total. The van der Waals surface area contributed by atoms with Gasteiger partial charge in [0.1, 0.15) is 0 Å². The third-order valence-electron chi connectivity index (χ3n) is 2.92. The Morgan fingerprint density at radius 3 is 3.00 bits per heavy atom. The molecule has 1 aliphatic rings. The van der Waals surface area contributed by atoms with E-state index in [1.807, 2.05) is 0 Å². The number of amides is 1. The highest BCUT2D eigenvalue weighted by atomic mass is 79.9. The molecule has 1 aromatic rings. The number of amidine groups is 1. The summed E-state index contributed by atoms with van der Waals surface area (Å²) >= 11 is 3.32. The van der Waals surface area contributed by atoms with Gasteiger partial charge in [0.25, 0.3) is 0 Å². The quantitative estimate of drug-likeness (QED) is 0.339. The summed E-state index contributed by atoms with van der Waals surface area (Å²) in [5, 5.41) is 14.5. The summed E-state index contributed by atoms with van der Waals surface area (Å²) in [6, 6.07) is 5.13. The first-order valence-corrected chi connectivity index (χ1v) is 6.57. The van der Waals surface area contributed by atoms with Gasteiger partial charge in [-0.2, -0.15) is 0 Å². The fourth-order valence-corrected chi connectivity index (χ4v) is 2.23. The third kappa shape index (κ3) is 3.24. The molecule has 102 valence electrons. The zero-order valence-electron chi connectivity index (χ0n) is 10.1. The van der Waals surface area contributed by atoms with Crippen LogP contribution in [0, 0.1) is 5.92 Å². The van der Waals surface area contributed by atoms with E-state index >= 15 is 0 Å². The molecule has 1 aromatic carbocycles. The molecule has 1 saturated heterocycles. The summed E-state index contributed by atoms with van der Waals surface area (Å²) in [5.74, 6) is -0.327. The molecule has 1 aliphatic heterocycles. The van der Waals surface area contributed by atoms with Crippen molar-refractivity contribution in [1.29, 1.82) is 0 Å². The number of carbonyl (C=O) groups is 1. The van der Waals surface area contributed by atoms with Gasteiger partial charge in [0.15, 0.2) is 5.84 Å². The van der Waals surface area contributed by atoms with E-state index in [4.69, 9.17) is 15.7 Å². The summed E-state index contributed by atoms with van der Waals surface area (Å²) in [7, 11) is 0. The Morgan fingerprint density at radius 1 is 1.58 bits per heavy atom. The van der Waals surface area contributed by atoms with E-state index in [-0.39, 0.29) is 17.7 Å². The predicted molar refractivity (Wildman–Crippen MR) is 74.2 cm³/mol. The van der Waals surface area contributed by atoms with Crippen LogP contribution in [0.2, 0.25) is 0 Å². The predicted octanol–water partition coefficient (Wildman–Crippen LogP) is 1.52. The molecule has 0 aromatic heterocycles. The molecule has 7 heteroatoms. The van der Waals surface area contributed by atoms with Crippen LogP contribution in [0.4, 0.5) is 5.69 Å². The van der Waals surface area contributed by atoms with Crippen LogP contribution in [0.1, 0.15) is 12.0 Å². The summed E-state index contributed by atoms with van der Waals surface area (Å²) in [6.45, 7) is 1.03. The van der Waals surface area contributed by atoms with E-state index in [1.54, 1.807) is 18.2 Å². The van der Waals surface area contributed by atoms with Crippen molar-refractivity contribution in [3.63, 3.8) is 0 Å². The molecular formula is C12H14BrN3O3. The SMILES string of the molecule is N/C(=N/O)c1ccc(Br)cc1NC(=O)C1CCOC1. The van der Waals surface area contributed by atoms with Crippen molar-refractivity contribution >= 4 is 33.4 Å². The number of nitrogens with one attached hydrogen (secondary N) is 1. The van der Waals surface area contributed by atoms with E-state index in [2.05, 4.69) is 26.4 Å². The second-order valence-corrected chi connectivity index (χ2v) is 5.14. The monoisotopic (exact) mass is 327 g/mol. The lowest BCUT2D eigenvalue weighted by molar-refractivity contribution is -0.119. The van der Waals surface area contributed by atoms with Crippen LogP contribution < -0.4 is 11.1 Å². The van der Waals surface area contributed by atoms with Gasteiger partial charge in [0.05, 0.1) is 18.2 Å². The lowest BCUT2D eigenvalue weighted by Gasteiger charge is -2.13. The average molecular weight is 328 g/mol. The zero-order chi connectivity index (χ0) is 13.8. The highest BCUT2D eigenvalue weighted by molar-refractivity contribution is 9.10. The van der Waals surface area contributed by atoms with Gasteiger partial charge in [-0.3, -0.25) is 4.79 Å². The van der Waals surface area contributed by atoms with Gasteiger partial charge in [-0.15, -0.1) is 0 Å². The fraction of sp³-hybridized carbons (Fsp3) is 0.333. The van der Waals surface area contributed by atoms with E-state index in [0.29, 0.717) is 30.9 Å². The minimum Gasteiger partial charge on any atom is -0.409 e. The highest BCUT2D eigenvalue weighted by Crippen LogP contribution is 2.23. The maximum absolute atomic E-state index is 12.0. The first-order chi connectivity index (χ1) is 9.11. The minimum absolute atomic E-state index is 0.0505. The molecule has 1 amide bonds. The van der Waals surface area contributed by atoms with E-state index in [1.165, 1.54) is 0 Å². The van der Waals surface area contributed by atoms with E-state index in [0.717, 1.165) is 4.47 Å². The fourth-order valence-electron chi connectivity index (χ4n) is 1.87. The molecule has 0 saturated carbocycles. The summed E-state index contributed by atoms with van der Waals surface area (Å²) < 4.78 is 5.97. The van der Waals surface area contributed by atoms with Crippen LogP contribution >= 0.6 is 15.9 Å². The average Bonchev–Trinajstić information content (AvgIpc) is 2.92. The van der Waals surface area contributed by atoms with Crippen molar-refractivity contribution in [2.45, 2.75) is 6.42 Å². The second-order valence-electron chi connectivity index (χ2n) is 4.22. The second kappa shape index (κ2) is 6.03. The molecule has 1 heterocycles. The van der Waals surface area contributed by atoms with Gasteiger partial charge in [0.2, 0.25) is 5.91 Å². The molecule has 1 unspecified atom stereocenters. The minimum atomic E-state index is -0.154. The number of rotatable bonds is 3. The van der Waals surface area contributed by atoms with Crippen LogP contribution in [0.15, 0.2) is 27.8 Å². The maximum atomic E-state index is 12.0. The zero-order valence-corrected chi connectivity index (χ0v) is 11.7. The topological polar surface area (TPSA) is 96.9 Å². The lowest BCUT2D eigenvalue weighted by atomic mass is 10.1. The van der Waals surface area contributed by atoms with Gasteiger partial charge >= 0.3 is 0 Å². The largest absolute Gasteiger partial charge is 0.409 e. The Bertz CT molecular complexity index is 513. The number of hydrogen-bond acceptors (Lipinski definition) is 4. The molecule has 1 fully saturated rings. The molecule has 0 radical (unpaired) electrons. The standard InChI is InChI=1S/C12H14BrN3O3/c13-8-1-2-9(11(14)16-18)10(5-8)15-12(17)7-3-4-19-6-7/h1-2,5,7,18H,3-4,6H2,(H2,14,16)(H,15,17). The van der Waals surface area contributed by atoms with Crippen LogP contribution in [0.25, 0.3) is 0 Å². The molecule has 0 spiro atoms. The van der Waals surface area contributed by atoms with E-state index < -0.39 is 0 Å². The number of anilines is 1. The summed E-state index contributed by atoms with van der Waals surface area (Å²) in [6.07, 6.45) is 0.707. The van der Waals surface area contributed by atoms with Crippen molar-refractivity contribution in [2.24, 2.45) is 16.8 Å². The Labute approximate surface area is 118 Å². The van der Waals surface area contributed by atoms with Crippen molar-refractivity contribution in [3.05, 3.63) is 28.2 Å². The molecule has 2 rings (SSSR count). The van der Waals surface area contributed by atoms with Gasteiger partial charge in [0, 0.05) is 16.6 Å². The van der Waals surface area contributed by atoms with Crippen LogP contribution in [0.5, 0.6) is 0 Å². The maximum Gasteiger partial charge on any atom is 0.229 e. The Balaban J connectivity index is 2.22. The molecule has 4 N–H and O–H groups in total. The first-order valence-electron chi connectivity index (χ1n) is 5.78. The van der Waals surface area contributed by atoms with Gasteiger partial charge < -0.3 is 21.0 Å². The number of ether oxygens (including phenoxy) is 1. The Hall–Kier alpha value is -1.60. The Morgan fingerprint density at radius 2 is 2.37 bits per heavy atom. The molecule has 0 bridgehead atoms. The molecule has 1 atom stereocenters. The number of benzene rings is 1. The number of carbonyl (C=O) groups excluding carboxylic acids is 1. The highest BCUT2D eigenvalue weighted by Gasteiger charge is 2.24. The number of nitrogens with zero attached hydrogens (tertiary/aromatic N) is 1. The lowest BCUT2D eigenvalue weighted by Crippen LogP contribution is -2.25. The normalized spacial score (nSPS) is 19.4. The summed E-state index contributed by atoms with van der Waals surface area (Å²) in [4.78, 5) is 12.0. The number of halogens is 1. The molecule has 19 heavy (non-hydrogen) atoms. The van der Waals surface area contributed by atoms with Gasteiger partial charge in [-0.25, -0.2) is 0 Å². The smallest absolute Gasteiger partial charge is 0.229 e. The molecule has 0 aliphatic carbocycles. The summed E-state index contributed by atoms with van der Waals surface area (Å²) in [5.41, 5.74) is 6.55. The van der Waals surface area contributed by atoms with Crippen LogP contribution in [-0.4, -0.2) is 30.2 Å². The first kappa shape index (κ1) is 13.8. The van der Waals surface area contributed by atoms with Crippen molar-refractivity contribution in [3.8, 4) is 0 Å². The van der Waals surface area contributed by atoms with Crippen LogP contribution in [-0.2, 0) is 9.53 Å². The van der Waals surface area contributed by atoms with E-state index in [9.17, 15) is 4.79 Å². The molecular weight excluding hydrogens is 314 g/mol. The van der Waals surface area contributed by atoms with Crippen molar-refractivity contribution < 1.29 is 14.7 Å². The van der Waals surface area contributed by atoms with Crippen molar-refractivity contribution in [2.75, 3.05) is 18.5 Å².